The number of halogens is 1. The lowest BCUT2D eigenvalue weighted by Crippen LogP contribution is -2.19. The van der Waals surface area contributed by atoms with Crippen molar-refractivity contribution in [2.45, 2.75) is 44.9 Å². The summed E-state index contributed by atoms with van der Waals surface area (Å²) in [6.45, 7) is 2.28. The first-order valence-electron chi connectivity index (χ1n) is 8.15. The van der Waals surface area contributed by atoms with E-state index in [9.17, 15) is 9.18 Å². The zero-order valence-electron chi connectivity index (χ0n) is 12.9. The minimum atomic E-state index is -0.968. The van der Waals surface area contributed by atoms with Gasteiger partial charge in [-0.1, -0.05) is 25.1 Å². The molecular weight excluding hydrogens is 283 g/mol. The summed E-state index contributed by atoms with van der Waals surface area (Å²) in [6.07, 6.45) is 1.84. The van der Waals surface area contributed by atoms with Crippen LogP contribution in [0.15, 0.2) is 30.3 Å². The Morgan fingerprint density at radius 3 is 2.91 bits per heavy atom. The quantitative estimate of drug-likeness (QED) is 0.751. The third-order valence-electron chi connectivity index (χ3n) is 5.03. The summed E-state index contributed by atoms with van der Waals surface area (Å²) in [5.41, 5.74) is 0. The van der Waals surface area contributed by atoms with Crippen molar-refractivity contribution in [3.63, 3.8) is 0 Å². The minimum Gasteiger partial charge on any atom is -0.491 e. The Balaban J connectivity index is 1.44. The highest BCUT2D eigenvalue weighted by molar-refractivity contribution is 5.72. The van der Waals surface area contributed by atoms with Crippen molar-refractivity contribution in [2.75, 3.05) is 6.61 Å². The number of carbonyl (C=O) groups excluding carboxylic acids is 1. The summed E-state index contributed by atoms with van der Waals surface area (Å²) in [5, 5.41) is 0. The van der Waals surface area contributed by atoms with Gasteiger partial charge >= 0.3 is 5.97 Å². The van der Waals surface area contributed by atoms with Gasteiger partial charge in [0.2, 0.25) is 0 Å². The van der Waals surface area contributed by atoms with Gasteiger partial charge < -0.3 is 9.47 Å². The molecule has 1 aliphatic carbocycles. The third kappa shape index (κ3) is 3.42. The van der Waals surface area contributed by atoms with Crippen LogP contribution in [0.3, 0.4) is 0 Å². The minimum absolute atomic E-state index is 0.0751. The summed E-state index contributed by atoms with van der Waals surface area (Å²) in [5.74, 6) is 1.81. The molecular formula is C18H23FO3. The van der Waals surface area contributed by atoms with Crippen molar-refractivity contribution in [3.8, 4) is 5.75 Å². The molecule has 0 spiro atoms. The van der Waals surface area contributed by atoms with Crippen molar-refractivity contribution in [1.29, 1.82) is 0 Å². The molecule has 1 aromatic carbocycles. The van der Waals surface area contributed by atoms with E-state index in [1.54, 1.807) is 0 Å². The van der Waals surface area contributed by atoms with Gasteiger partial charge in [0.1, 0.15) is 24.6 Å². The van der Waals surface area contributed by atoms with Gasteiger partial charge in [0, 0.05) is 5.92 Å². The average Bonchev–Trinajstić information content (AvgIpc) is 2.99. The van der Waals surface area contributed by atoms with Crippen LogP contribution >= 0.6 is 0 Å². The number of fused-ring (bicyclic) bond motifs is 1. The molecule has 1 saturated heterocycles. The second-order valence-corrected chi connectivity index (χ2v) is 6.57. The van der Waals surface area contributed by atoms with Crippen LogP contribution in [0.25, 0.3) is 0 Å². The van der Waals surface area contributed by atoms with Crippen LogP contribution in [0, 0.1) is 17.8 Å². The zero-order chi connectivity index (χ0) is 15.5. The molecule has 120 valence electrons. The first kappa shape index (κ1) is 15.3. The molecule has 1 aromatic rings. The number of alkyl halides is 1. The summed E-state index contributed by atoms with van der Waals surface area (Å²) in [7, 11) is 0. The van der Waals surface area contributed by atoms with Crippen molar-refractivity contribution >= 4 is 5.97 Å². The van der Waals surface area contributed by atoms with Gasteiger partial charge in [0.05, 0.1) is 6.42 Å². The molecule has 0 amide bonds. The van der Waals surface area contributed by atoms with Gasteiger partial charge in [0.15, 0.2) is 0 Å². The van der Waals surface area contributed by atoms with Crippen LogP contribution in [0.4, 0.5) is 4.39 Å². The molecule has 2 fully saturated rings. The topological polar surface area (TPSA) is 35.5 Å². The van der Waals surface area contributed by atoms with E-state index < -0.39 is 6.17 Å². The normalized spacial score (nSPS) is 31.6. The average molecular weight is 306 g/mol. The Hall–Kier alpha value is -1.58. The number of carbonyl (C=O) groups is 1. The van der Waals surface area contributed by atoms with Crippen LogP contribution in [0.5, 0.6) is 5.75 Å². The van der Waals surface area contributed by atoms with E-state index in [4.69, 9.17) is 9.47 Å². The summed E-state index contributed by atoms with van der Waals surface area (Å²) in [6, 6.07) is 9.32. The Kier molecular flexibility index (Phi) is 4.65. The molecule has 1 aliphatic heterocycles. The number of ether oxygens (including phenoxy) is 2. The second-order valence-electron chi connectivity index (χ2n) is 6.57. The number of esters is 1. The fourth-order valence-corrected chi connectivity index (χ4v) is 3.90. The largest absolute Gasteiger partial charge is 0.491 e. The fraction of sp³-hybridized carbons (Fsp3) is 0.611. The van der Waals surface area contributed by atoms with Crippen LogP contribution in [0.1, 0.15) is 32.6 Å². The SMILES string of the molecule is C[C@@H]1C[C@@H]2OC(=O)C[C@@H]2[C@H]1CC[C@@H](F)COc1ccccc1. The Bertz CT molecular complexity index is 504. The fourth-order valence-electron chi connectivity index (χ4n) is 3.90. The molecule has 3 nitrogen and oxygen atoms in total. The Morgan fingerprint density at radius 2 is 2.14 bits per heavy atom. The predicted molar refractivity (Wildman–Crippen MR) is 81.3 cm³/mol. The Labute approximate surface area is 130 Å². The highest BCUT2D eigenvalue weighted by Crippen LogP contribution is 2.46. The zero-order valence-corrected chi connectivity index (χ0v) is 12.9. The Morgan fingerprint density at radius 1 is 1.36 bits per heavy atom. The van der Waals surface area contributed by atoms with Crippen molar-refractivity contribution in [1.82, 2.24) is 0 Å². The lowest BCUT2D eigenvalue weighted by molar-refractivity contribution is -0.141. The van der Waals surface area contributed by atoms with Crippen LogP contribution in [0.2, 0.25) is 0 Å². The molecule has 22 heavy (non-hydrogen) atoms. The van der Waals surface area contributed by atoms with E-state index in [0.717, 1.165) is 12.8 Å². The van der Waals surface area contributed by atoms with Crippen molar-refractivity contribution < 1.29 is 18.7 Å². The van der Waals surface area contributed by atoms with Gasteiger partial charge in [-0.05, 0) is 43.2 Å². The van der Waals surface area contributed by atoms with E-state index in [-0.39, 0.29) is 18.7 Å². The molecule has 1 saturated carbocycles. The smallest absolute Gasteiger partial charge is 0.306 e. The van der Waals surface area contributed by atoms with Crippen molar-refractivity contribution in [3.05, 3.63) is 30.3 Å². The first-order chi connectivity index (χ1) is 10.6. The monoisotopic (exact) mass is 306 g/mol. The van der Waals surface area contributed by atoms with E-state index in [0.29, 0.717) is 36.3 Å². The lowest BCUT2D eigenvalue weighted by Gasteiger charge is -2.21. The molecule has 1 heterocycles. The summed E-state index contributed by atoms with van der Waals surface area (Å²) >= 11 is 0. The number of rotatable bonds is 6. The van der Waals surface area contributed by atoms with Crippen LogP contribution in [-0.2, 0) is 9.53 Å². The molecule has 4 heteroatoms. The maximum Gasteiger partial charge on any atom is 0.306 e. The summed E-state index contributed by atoms with van der Waals surface area (Å²) in [4.78, 5) is 11.4. The third-order valence-corrected chi connectivity index (χ3v) is 5.03. The van der Waals surface area contributed by atoms with Crippen molar-refractivity contribution in [2.24, 2.45) is 17.8 Å². The summed E-state index contributed by atoms with van der Waals surface area (Å²) < 4.78 is 24.9. The van der Waals surface area contributed by atoms with E-state index in [2.05, 4.69) is 6.92 Å². The molecule has 0 N–H and O–H groups in total. The number of para-hydroxylation sites is 1. The van der Waals surface area contributed by atoms with Gasteiger partial charge in [-0.25, -0.2) is 4.39 Å². The highest BCUT2D eigenvalue weighted by Gasteiger charge is 2.48. The predicted octanol–water partition coefficient (Wildman–Crippen LogP) is 3.77. The molecule has 5 atom stereocenters. The van der Waals surface area contributed by atoms with E-state index >= 15 is 0 Å². The standard InChI is InChI=1S/C18H23FO3/c1-12-9-17-16(10-18(20)22-17)15(12)8-7-13(19)11-21-14-5-3-2-4-6-14/h2-6,12-13,15-17H,7-11H2,1H3/t12-,13-,15+,16-,17+/m1/s1. The maximum absolute atomic E-state index is 14.1. The van der Waals surface area contributed by atoms with Crippen LogP contribution < -0.4 is 4.74 Å². The highest BCUT2D eigenvalue weighted by atomic mass is 19.1. The maximum atomic E-state index is 14.1. The molecule has 2 aliphatic rings. The molecule has 0 bridgehead atoms. The van der Waals surface area contributed by atoms with Gasteiger partial charge in [-0.15, -0.1) is 0 Å². The van der Waals surface area contributed by atoms with E-state index in [1.807, 2.05) is 30.3 Å². The number of hydrogen-bond acceptors (Lipinski definition) is 3. The van der Waals surface area contributed by atoms with Crippen LogP contribution in [-0.4, -0.2) is 24.9 Å². The number of hydrogen-bond donors (Lipinski definition) is 0. The second kappa shape index (κ2) is 6.67. The van der Waals surface area contributed by atoms with Gasteiger partial charge in [0.25, 0.3) is 0 Å². The first-order valence-corrected chi connectivity index (χ1v) is 8.15. The molecule has 0 aromatic heterocycles. The molecule has 0 radical (unpaired) electrons. The lowest BCUT2D eigenvalue weighted by atomic mass is 9.84. The van der Waals surface area contributed by atoms with E-state index in [1.165, 1.54) is 0 Å². The van der Waals surface area contributed by atoms with Gasteiger partial charge in [-0.3, -0.25) is 4.79 Å². The molecule has 3 rings (SSSR count). The number of benzene rings is 1. The van der Waals surface area contributed by atoms with Gasteiger partial charge in [-0.2, -0.15) is 0 Å². The molecule has 0 unspecified atom stereocenters.